The predicted molar refractivity (Wildman–Crippen MR) is 81.2 cm³/mol. The van der Waals surface area contributed by atoms with Crippen molar-refractivity contribution in [3.8, 4) is 0 Å². The summed E-state index contributed by atoms with van der Waals surface area (Å²) in [5.74, 6) is -1.28. The van der Waals surface area contributed by atoms with E-state index >= 15 is 0 Å². The van der Waals surface area contributed by atoms with E-state index in [1.165, 1.54) is 14.2 Å². The Balaban J connectivity index is 3.09. The van der Waals surface area contributed by atoms with Crippen LogP contribution in [0.2, 0.25) is 0 Å². The zero-order chi connectivity index (χ0) is 16.0. The van der Waals surface area contributed by atoms with E-state index in [4.69, 9.17) is 0 Å². The first kappa shape index (κ1) is 16.6. The number of aryl methyl sites for hydroxylation is 1. The zero-order valence-corrected chi connectivity index (χ0v) is 12.9. The summed E-state index contributed by atoms with van der Waals surface area (Å²) in [7, 11) is 6.34. The van der Waals surface area contributed by atoms with Gasteiger partial charge in [-0.2, -0.15) is 0 Å². The van der Waals surface area contributed by atoms with E-state index in [1.807, 2.05) is 44.1 Å². The van der Waals surface area contributed by atoms with Gasteiger partial charge in [-0.3, -0.25) is 0 Å². The molecule has 114 valence electrons. The second-order valence-electron chi connectivity index (χ2n) is 4.59. The third-order valence-corrected chi connectivity index (χ3v) is 2.84. The number of anilines is 2. The highest BCUT2D eigenvalue weighted by atomic mass is 16.5. The monoisotopic (exact) mass is 292 g/mol. The van der Waals surface area contributed by atoms with Gasteiger partial charge in [-0.25, -0.2) is 9.59 Å². The molecule has 0 unspecified atom stereocenters. The van der Waals surface area contributed by atoms with Crippen LogP contribution in [0.1, 0.15) is 5.56 Å². The highest BCUT2D eigenvalue weighted by Gasteiger charge is 2.13. The molecule has 1 rings (SSSR count). The summed E-state index contributed by atoms with van der Waals surface area (Å²) in [4.78, 5) is 25.0. The SMILES string of the molecule is COC(=O)/C=C(/Nc1ccc(C)c(N(C)C)c1)C(=O)OC. The van der Waals surface area contributed by atoms with Crippen LogP contribution in [-0.2, 0) is 19.1 Å². The van der Waals surface area contributed by atoms with Crippen molar-refractivity contribution in [3.05, 3.63) is 35.5 Å². The second-order valence-corrected chi connectivity index (χ2v) is 4.59. The van der Waals surface area contributed by atoms with Gasteiger partial charge in [0.2, 0.25) is 0 Å². The number of ether oxygens (including phenoxy) is 2. The number of hydrogen-bond acceptors (Lipinski definition) is 6. The standard InChI is InChI=1S/C15H20N2O4/c1-10-6-7-11(8-13(10)17(2)3)16-12(15(19)21-5)9-14(18)20-4/h6-9,16H,1-5H3/b12-9+. The maximum atomic E-state index is 11.7. The highest BCUT2D eigenvalue weighted by Crippen LogP contribution is 2.23. The Morgan fingerprint density at radius 1 is 1.19 bits per heavy atom. The molecule has 0 atom stereocenters. The topological polar surface area (TPSA) is 67.9 Å². The first-order valence-electron chi connectivity index (χ1n) is 6.32. The first-order chi connectivity index (χ1) is 9.88. The van der Waals surface area contributed by atoms with Crippen LogP contribution in [0.4, 0.5) is 11.4 Å². The van der Waals surface area contributed by atoms with Gasteiger partial charge < -0.3 is 19.7 Å². The molecule has 0 saturated carbocycles. The molecule has 0 radical (unpaired) electrons. The molecule has 1 aromatic carbocycles. The van der Waals surface area contributed by atoms with Gasteiger partial charge >= 0.3 is 11.9 Å². The van der Waals surface area contributed by atoms with Crippen molar-refractivity contribution >= 4 is 23.3 Å². The van der Waals surface area contributed by atoms with E-state index < -0.39 is 11.9 Å². The van der Waals surface area contributed by atoms with Crippen LogP contribution in [-0.4, -0.2) is 40.3 Å². The summed E-state index contributed by atoms with van der Waals surface area (Å²) in [6.07, 6.45) is 1.06. The van der Waals surface area contributed by atoms with Gasteiger partial charge in [0.15, 0.2) is 0 Å². The smallest absolute Gasteiger partial charge is 0.354 e. The van der Waals surface area contributed by atoms with E-state index in [0.29, 0.717) is 5.69 Å². The fourth-order valence-electron chi connectivity index (χ4n) is 1.76. The highest BCUT2D eigenvalue weighted by molar-refractivity contribution is 5.98. The molecule has 0 fully saturated rings. The van der Waals surface area contributed by atoms with Gasteiger partial charge in [0, 0.05) is 25.5 Å². The largest absolute Gasteiger partial charge is 0.466 e. The van der Waals surface area contributed by atoms with Gasteiger partial charge in [0.25, 0.3) is 0 Å². The van der Waals surface area contributed by atoms with Crippen LogP contribution in [0.15, 0.2) is 30.0 Å². The van der Waals surface area contributed by atoms with Gasteiger partial charge in [-0.15, -0.1) is 0 Å². The lowest BCUT2D eigenvalue weighted by molar-refractivity contribution is -0.138. The molecule has 6 nitrogen and oxygen atoms in total. The Kier molecular flexibility index (Phi) is 5.78. The molecule has 0 aromatic heterocycles. The Morgan fingerprint density at radius 2 is 1.86 bits per heavy atom. The third kappa shape index (κ3) is 4.52. The van der Waals surface area contributed by atoms with E-state index in [2.05, 4.69) is 14.8 Å². The van der Waals surface area contributed by atoms with Crippen molar-refractivity contribution in [2.45, 2.75) is 6.92 Å². The molecule has 0 amide bonds. The molecule has 0 aliphatic rings. The summed E-state index contributed by atoms with van der Waals surface area (Å²) in [5, 5.41) is 2.88. The van der Waals surface area contributed by atoms with E-state index in [0.717, 1.165) is 17.3 Å². The second kappa shape index (κ2) is 7.33. The van der Waals surface area contributed by atoms with Crippen molar-refractivity contribution in [1.29, 1.82) is 0 Å². The summed E-state index contributed by atoms with van der Waals surface area (Å²) < 4.78 is 9.17. The van der Waals surface area contributed by atoms with Crippen molar-refractivity contribution in [3.63, 3.8) is 0 Å². The van der Waals surface area contributed by atoms with E-state index in [9.17, 15) is 9.59 Å². The average molecular weight is 292 g/mol. The zero-order valence-electron chi connectivity index (χ0n) is 12.9. The third-order valence-electron chi connectivity index (χ3n) is 2.84. The van der Waals surface area contributed by atoms with Gasteiger partial charge in [0.05, 0.1) is 20.3 Å². The molecule has 0 heterocycles. The number of esters is 2. The fourth-order valence-corrected chi connectivity index (χ4v) is 1.76. The van der Waals surface area contributed by atoms with Crippen LogP contribution in [0.3, 0.4) is 0 Å². The van der Waals surface area contributed by atoms with Crippen molar-refractivity contribution < 1.29 is 19.1 Å². The molecule has 21 heavy (non-hydrogen) atoms. The lowest BCUT2D eigenvalue weighted by atomic mass is 10.1. The molecule has 0 spiro atoms. The van der Waals surface area contributed by atoms with Gasteiger partial charge in [-0.1, -0.05) is 6.07 Å². The van der Waals surface area contributed by atoms with Crippen LogP contribution in [0, 0.1) is 6.92 Å². The number of carbonyl (C=O) groups is 2. The average Bonchev–Trinajstić information content (AvgIpc) is 2.46. The van der Waals surface area contributed by atoms with Crippen molar-refractivity contribution in [2.24, 2.45) is 0 Å². The quantitative estimate of drug-likeness (QED) is 0.658. The molecule has 0 aliphatic heterocycles. The van der Waals surface area contributed by atoms with Crippen molar-refractivity contribution in [2.75, 3.05) is 38.5 Å². The Hall–Kier alpha value is -2.50. The van der Waals surface area contributed by atoms with Gasteiger partial charge in [-0.05, 0) is 24.6 Å². The molecule has 0 saturated heterocycles. The molecule has 1 N–H and O–H groups in total. The molecular weight excluding hydrogens is 272 g/mol. The minimum Gasteiger partial charge on any atom is -0.466 e. The Bertz CT molecular complexity index is 565. The summed E-state index contributed by atoms with van der Waals surface area (Å²) in [6, 6.07) is 5.62. The summed E-state index contributed by atoms with van der Waals surface area (Å²) >= 11 is 0. The van der Waals surface area contributed by atoms with Crippen LogP contribution in [0.5, 0.6) is 0 Å². The minimum absolute atomic E-state index is 0.0120. The number of benzene rings is 1. The lowest BCUT2D eigenvalue weighted by Gasteiger charge is -2.17. The van der Waals surface area contributed by atoms with Crippen molar-refractivity contribution in [1.82, 2.24) is 0 Å². The van der Waals surface area contributed by atoms with Crippen LogP contribution in [0.25, 0.3) is 0 Å². The number of hydrogen-bond donors (Lipinski definition) is 1. The fraction of sp³-hybridized carbons (Fsp3) is 0.333. The molecule has 0 bridgehead atoms. The van der Waals surface area contributed by atoms with E-state index in [1.54, 1.807) is 0 Å². The minimum atomic E-state index is -0.646. The number of nitrogens with one attached hydrogen (secondary N) is 1. The van der Waals surface area contributed by atoms with Crippen LogP contribution >= 0.6 is 0 Å². The maximum Gasteiger partial charge on any atom is 0.354 e. The first-order valence-corrected chi connectivity index (χ1v) is 6.32. The van der Waals surface area contributed by atoms with Gasteiger partial charge in [0.1, 0.15) is 5.70 Å². The van der Waals surface area contributed by atoms with Crippen LogP contribution < -0.4 is 10.2 Å². The molecule has 0 aliphatic carbocycles. The molecule has 6 heteroatoms. The van der Waals surface area contributed by atoms with E-state index in [-0.39, 0.29) is 5.70 Å². The number of methoxy groups -OCH3 is 2. The number of rotatable bonds is 5. The number of carbonyl (C=O) groups excluding carboxylic acids is 2. The maximum absolute atomic E-state index is 11.7. The summed E-state index contributed by atoms with van der Waals surface area (Å²) in [5.41, 5.74) is 2.78. The number of nitrogens with zero attached hydrogens (tertiary/aromatic N) is 1. The molecule has 1 aromatic rings. The Morgan fingerprint density at radius 3 is 2.38 bits per heavy atom. The normalized spacial score (nSPS) is 10.8. The lowest BCUT2D eigenvalue weighted by Crippen LogP contribution is -2.16. The Labute approximate surface area is 124 Å². The summed E-state index contributed by atoms with van der Waals surface area (Å²) in [6.45, 7) is 1.99. The predicted octanol–water partition coefficient (Wildman–Crippen LogP) is 1.70. The molecular formula is C15H20N2O4.